The third kappa shape index (κ3) is 7.03. The molecule has 0 unspecified atom stereocenters. The molecule has 0 aliphatic rings. The van der Waals surface area contributed by atoms with E-state index < -0.39 is 36.0 Å². The summed E-state index contributed by atoms with van der Waals surface area (Å²) in [5.41, 5.74) is 0.715. The van der Waals surface area contributed by atoms with Crippen LogP contribution in [0.15, 0.2) is 60.9 Å². The van der Waals surface area contributed by atoms with E-state index in [1.54, 1.807) is 30.3 Å². The zero-order valence-electron chi connectivity index (χ0n) is 17.1. The maximum Gasteiger partial charge on any atom is 0.434 e. The lowest BCUT2D eigenvalue weighted by atomic mass is 9.99. The van der Waals surface area contributed by atoms with Crippen LogP contribution in [0.5, 0.6) is 5.88 Å². The minimum atomic E-state index is -4.69. The van der Waals surface area contributed by atoms with Gasteiger partial charge in [-0.2, -0.15) is 26.3 Å². The van der Waals surface area contributed by atoms with Crippen molar-refractivity contribution in [3.05, 3.63) is 77.7 Å². The van der Waals surface area contributed by atoms with E-state index in [1.807, 2.05) is 0 Å². The van der Waals surface area contributed by atoms with Crippen LogP contribution in [-0.4, -0.2) is 28.5 Å². The van der Waals surface area contributed by atoms with Gasteiger partial charge in [0.25, 0.3) is 0 Å². The second kappa shape index (κ2) is 10.0. The molecule has 0 atom stereocenters. The first kappa shape index (κ1) is 24.2. The number of hydrogen-bond donors (Lipinski definition) is 0. The summed E-state index contributed by atoms with van der Waals surface area (Å²) >= 11 is 0. The number of Topliss-reactive ketones (excluding diaryl/α,β-unsaturated/α-hetero) is 1. The zero-order valence-corrected chi connectivity index (χ0v) is 17.1. The summed E-state index contributed by atoms with van der Waals surface area (Å²) in [4.78, 5) is 19.4. The zero-order chi connectivity index (χ0) is 24.1. The highest BCUT2D eigenvalue weighted by atomic mass is 19.4. The number of benzene rings is 1. The fraction of sp³-hybridized carbons (Fsp3) is 0.261. The van der Waals surface area contributed by atoms with Gasteiger partial charge in [-0.15, -0.1) is 0 Å². The molecule has 0 bridgehead atoms. The maximum absolute atomic E-state index is 13.0. The van der Waals surface area contributed by atoms with Crippen LogP contribution in [0.25, 0.3) is 11.1 Å². The Kier molecular flexibility index (Phi) is 7.35. The van der Waals surface area contributed by atoms with E-state index in [4.69, 9.17) is 0 Å². The van der Waals surface area contributed by atoms with Crippen molar-refractivity contribution in [1.29, 1.82) is 0 Å². The fourth-order valence-electron chi connectivity index (χ4n) is 3.10. The van der Waals surface area contributed by atoms with Gasteiger partial charge in [0.05, 0.1) is 0 Å². The molecule has 0 N–H and O–H groups in total. The average Bonchev–Trinajstić information content (AvgIpc) is 2.77. The molecule has 33 heavy (non-hydrogen) atoms. The molecule has 0 radical (unpaired) electrons. The minimum Gasteiger partial charge on any atom is -0.468 e. The largest absolute Gasteiger partial charge is 0.468 e. The van der Waals surface area contributed by atoms with E-state index in [0.29, 0.717) is 18.4 Å². The van der Waals surface area contributed by atoms with Crippen LogP contribution in [0.4, 0.5) is 26.3 Å². The van der Waals surface area contributed by atoms with Gasteiger partial charge >= 0.3 is 12.4 Å². The van der Waals surface area contributed by atoms with E-state index in [2.05, 4.69) is 14.7 Å². The van der Waals surface area contributed by atoms with Crippen molar-refractivity contribution in [2.75, 3.05) is 6.61 Å². The second-order valence-electron chi connectivity index (χ2n) is 7.16. The number of carbonyl (C=O) groups is 1. The Bertz CT molecular complexity index is 1080. The molecule has 0 saturated carbocycles. The topological polar surface area (TPSA) is 52.1 Å². The number of ketones is 1. The first-order valence-electron chi connectivity index (χ1n) is 9.83. The van der Waals surface area contributed by atoms with Gasteiger partial charge in [-0.3, -0.25) is 9.78 Å². The molecule has 10 heteroatoms. The van der Waals surface area contributed by atoms with Crippen molar-refractivity contribution in [2.24, 2.45) is 0 Å². The number of nitrogens with zero attached hydrogens (tertiary/aromatic N) is 2. The highest BCUT2D eigenvalue weighted by Gasteiger charge is 2.36. The molecular formula is C23H18F6N2O2. The molecule has 0 fully saturated rings. The number of pyridine rings is 2. The number of hydrogen-bond acceptors (Lipinski definition) is 4. The number of carbonyl (C=O) groups excluding carboxylic acids is 1. The van der Waals surface area contributed by atoms with Gasteiger partial charge in [0, 0.05) is 36.0 Å². The van der Waals surface area contributed by atoms with Crippen LogP contribution < -0.4 is 4.74 Å². The number of ether oxygens (including phenoxy) is 1. The third-order valence-electron chi connectivity index (χ3n) is 4.65. The molecule has 2 heterocycles. The lowest BCUT2D eigenvalue weighted by Gasteiger charge is -2.10. The molecular weight excluding hydrogens is 450 g/mol. The number of aromatic nitrogens is 2. The lowest BCUT2D eigenvalue weighted by Crippen LogP contribution is -2.19. The number of halogens is 6. The van der Waals surface area contributed by atoms with Crippen LogP contribution in [-0.2, 0) is 12.6 Å². The third-order valence-corrected chi connectivity index (χ3v) is 4.65. The summed E-state index contributed by atoms with van der Waals surface area (Å²) in [6.07, 6.45) is -5.96. The van der Waals surface area contributed by atoms with Gasteiger partial charge in [0.1, 0.15) is 0 Å². The van der Waals surface area contributed by atoms with Gasteiger partial charge in [0.15, 0.2) is 18.1 Å². The normalized spacial score (nSPS) is 11.9. The van der Waals surface area contributed by atoms with Gasteiger partial charge in [0.2, 0.25) is 5.88 Å². The quantitative estimate of drug-likeness (QED) is 0.287. The Morgan fingerprint density at radius 3 is 2.18 bits per heavy atom. The Labute approximate surface area is 185 Å². The monoisotopic (exact) mass is 468 g/mol. The molecule has 0 aliphatic heterocycles. The summed E-state index contributed by atoms with van der Waals surface area (Å²) in [7, 11) is 0. The average molecular weight is 468 g/mol. The lowest BCUT2D eigenvalue weighted by molar-refractivity contribution is -0.154. The van der Waals surface area contributed by atoms with Crippen LogP contribution in [0.2, 0.25) is 0 Å². The van der Waals surface area contributed by atoms with E-state index in [9.17, 15) is 31.1 Å². The van der Waals surface area contributed by atoms with Gasteiger partial charge in [-0.1, -0.05) is 24.3 Å². The number of aryl methyl sites for hydroxylation is 1. The van der Waals surface area contributed by atoms with Crippen LogP contribution in [0.3, 0.4) is 0 Å². The molecule has 1 aromatic carbocycles. The summed E-state index contributed by atoms with van der Waals surface area (Å²) in [6, 6.07) is 12.5. The highest BCUT2D eigenvalue weighted by Crippen LogP contribution is 2.31. The smallest absolute Gasteiger partial charge is 0.434 e. The second-order valence-corrected chi connectivity index (χ2v) is 7.16. The van der Waals surface area contributed by atoms with Gasteiger partial charge in [-0.05, 0) is 42.2 Å². The Hall–Kier alpha value is -3.43. The standard InChI is InChI=1S/C23H18F6N2O2/c24-22(25,26)14-33-20-11-10-17(13-31-20)16-8-6-15(7-9-16)3-1-5-19(32)18-4-2-12-30-21(18)23(27,28)29/h2,4,6-13H,1,3,5,14H2. The van der Waals surface area contributed by atoms with Crippen molar-refractivity contribution in [3.8, 4) is 17.0 Å². The van der Waals surface area contributed by atoms with Crippen molar-refractivity contribution in [3.63, 3.8) is 0 Å². The Morgan fingerprint density at radius 2 is 1.58 bits per heavy atom. The van der Waals surface area contributed by atoms with Crippen LogP contribution in [0.1, 0.15) is 34.5 Å². The molecule has 0 spiro atoms. The molecule has 174 valence electrons. The molecule has 0 saturated heterocycles. The molecule has 0 aliphatic carbocycles. The predicted octanol–water partition coefficient (Wildman–Crippen LogP) is 6.31. The Morgan fingerprint density at radius 1 is 0.879 bits per heavy atom. The van der Waals surface area contributed by atoms with E-state index in [-0.39, 0.29) is 12.3 Å². The number of rotatable bonds is 8. The van der Waals surface area contributed by atoms with Crippen LogP contribution >= 0.6 is 0 Å². The molecule has 2 aromatic heterocycles. The van der Waals surface area contributed by atoms with Crippen LogP contribution in [0, 0.1) is 0 Å². The van der Waals surface area contributed by atoms with Crippen molar-refractivity contribution in [2.45, 2.75) is 31.6 Å². The fourth-order valence-corrected chi connectivity index (χ4v) is 3.10. The molecule has 3 aromatic rings. The minimum absolute atomic E-state index is 0.0557. The van der Waals surface area contributed by atoms with E-state index in [1.165, 1.54) is 18.3 Å². The van der Waals surface area contributed by atoms with Gasteiger partial charge < -0.3 is 4.74 Å². The summed E-state index contributed by atoms with van der Waals surface area (Å²) in [5.74, 6) is -0.759. The Balaban J connectivity index is 1.55. The van der Waals surface area contributed by atoms with Crippen molar-refractivity contribution < 1.29 is 35.9 Å². The van der Waals surface area contributed by atoms with Crippen molar-refractivity contribution >= 4 is 5.78 Å². The predicted molar refractivity (Wildman–Crippen MR) is 108 cm³/mol. The SMILES string of the molecule is O=C(CCCc1ccc(-c2ccc(OCC(F)(F)F)nc2)cc1)c1cccnc1C(F)(F)F. The summed E-state index contributed by atoms with van der Waals surface area (Å²) in [5, 5.41) is 0. The molecule has 3 rings (SSSR count). The first-order valence-corrected chi connectivity index (χ1v) is 9.83. The maximum atomic E-state index is 13.0. The molecule has 0 amide bonds. The van der Waals surface area contributed by atoms with E-state index >= 15 is 0 Å². The first-order chi connectivity index (χ1) is 15.5. The highest BCUT2D eigenvalue weighted by molar-refractivity contribution is 5.97. The van der Waals surface area contributed by atoms with E-state index in [0.717, 1.165) is 23.4 Å². The summed E-state index contributed by atoms with van der Waals surface area (Å²) < 4.78 is 80.2. The molecule has 4 nitrogen and oxygen atoms in total. The number of alkyl halides is 6. The van der Waals surface area contributed by atoms with Crippen molar-refractivity contribution in [1.82, 2.24) is 9.97 Å². The van der Waals surface area contributed by atoms with Gasteiger partial charge in [-0.25, -0.2) is 4.98 Å². The summed E-state index contributed by atoms with van der Waals surface area (Å²) in [6.45, 7) is -1.42.